The van der Waals surface area contributed by atoms with Crippen molar-refractivity contribution in [3.63, 3.8) is 0 Å². The van der Waals surface area contributed by atoms with Gasteiger partial charge in [0.1, 0.15) is 5.82 Å². The number of benzene rings is 1. The lowest BCUT2D eigenvalue weighted by atomic mass is 9.93. The molecule has 3 rings (SSSR count). The van der Waals surface area contributed by atoms with Crippen molar-refractivity contribution in [3.05, 3.63) is 48.0 Å². The molecule has 1 fully saturated rings. The largest absolute Gasteiger partial charge is 0.465 e. The van der Waals surface area contributed by atoms with E-state index in [1.54, 1.807) is 18.2 Å². The molecule has 1 amide bonds. The van der Waals surface area contributed by atoms with Crippen LogP contribution in [-0.2, 0) is 6.18 Å². The van der Waals surface area contributed by atoms with Gasteiger partial charge >= 0.3 is 12.3 Å². The van der Waals surface area contributed by atoms with Crippen LogP contribution in [0.5, 0.6) is 0 Å². The molecule has 2 N–H and O–H groups in total. The maximum Gasteiger partial charge on any atom is 0.416 e. The van der Waals surface area contributed by atoms with E-state index < -0.39 is 17.8 Å². The topological polar surface area (TPSA) is 65.5 Å². The quantitative estimate of drug-likeness (QED) is 0.777. The smallest absolute Gasteiger partial charge is 0.416 e. The summed E-state index contributed by atoms with van der Waals surface area (Å²) in [6.07, 6.45) is -2.73. The molecular formula is C20H22F3N3O2. The van der Waals surface area contributed by atoms with E-state index in [2.05, 4.69) is 15.2 Å². The molecule has 0 atom stereocenters. The number of hydrogen-bond acceptors (Lipinski definition) is 3. The number of alkyl halides is 3. The Kier molecular flexibility index (Phi) is 6.06. The molecule has 0 aliphatic carbocycles. The number of piperidine rings is 1. The highest BCUT2D eigenvalue weighted by molar-refractivity contribution is 5.64. The minimum absolute atomic E-state index is 0.436. The van der Waals surface area contributed by atoms with Gasteiger partial charge in [0.15, 0.2) is 0 Å². The highest BCUT2D eigenvalue weighted by atomic mass is 19.4. The summed E-state index contributed by atoms with van der Waals surface area (Å²) in [4.78, 5) is 17.2. The second-order valence-corrected chi connectivity index (χ2v) is 6.91. The molecule has 2 heterocycles. The number of carbonyl (C=O) groups is 1. The SMILES string of the molecule is O=C(O)NCCC1CCN(c2cccc(-c3cccc(C(F)(F)F)c3)n2)CC1. The van der Waals surface area contributed by atoms with Crippen molar-refractivity contribution < 1.29 is 23.1 Å². The van der Waals surface area contributed by atoms with Gasteiger partial charge in [0, 0.05) is 25.2 Å². The standard InChI is InChI=1S/C20H22F3N3O2/c21-20(22,23)16-4-1-3-15(13-16)17-5-2-6-18(25-17)26-11-8-14(9-12-26)7-10-24-19(27)28/h1-6,13-14,24H,7-12H2,(H,27,28). The molecule has 28 heavy (non-hydrogen) atoms. The molecule has 0 radical (unpaired) electrons. The van der Waals surface area contributed by atoms with E-state index in [-0.39, 0.29) is 0 Å². The molecule has 8 heteroatoms. The summed E-state index contributed by atoms with van der Waals surface area (Å²) in [7, 11) is 0. The number of nitrogens with zero attached hydrogens (tertiary/aromatic N) is 2. The number of anilines is 1. The number of carboxylic acid groups (broad SMARTS) is 1. The second-order valence-electron chi connectivity index (χ2n) is 6.91. The van der Waals surface area contributed by atoms with Gasteiger partial charge in [-0.15, -0.1) is 0 Å². The molecule has 1 saturated heterocycles. The van der Waals surface area contributed by atoms with Crippen LogP contribution >= 0.6 is 0 Å². The molecule has 5 nitrogen and oxygen atoms in total. The van der Waals surface area contributed by atoms with Crippen LogP contribution < -0.4 is 10.2 Å². The van der Waals surface area contributed by atoms with Crippen molar-refractivity contribution in [1.29, 1.82) is 0 Å². The average molecular weight is 393 g/mol. The monoisotopic (exact) mass is 393 g/mol. The van der Waals surface area contributed by atoms with Crippen LogP contribution in [0.3, 0.4) is 0 Å². The number of amides is 1. The lowest BCUT2D eigenvalue weighted by Crippen LogP contribution is -2.35. The van der Waals surface area contributed by atoms with E-state index in [0.717, 1.165) is 50.3 Å². The maximum atomic E-state index is 13.0. The third kappa shape index (κ3) is 5.15. The molecule has 2 aromatic rings. The summed E-state index contributed by atoms with van der Waals surface area (Å²) in [6, 6.07) is 10.6. The fourth-order valence-electron chi connectivity index (χ4n) is 3.45. The van der Waals surface area contributed by atoms with E-state index in [0.29, 0.717) is 23.7 Å². The van der Waals surface area contributed by atoms with Gasteiger partial charge in [0.25, 0.3) is 0 Å². The first-order chi connectivity index (χ1) is 13.3. The first-order valence-corrected chi connectivity index (χ1v) is 9.19. The van der Waals surface area contributed by atoms with Gasteiger partial charge in [0.05, 0.1) is 11.3 Å². The van der Waals surface area contributed by atoms with E-state index in [1.165, 1.54) is 6.07 Å². The molecule has 1 aromatic carbocycles. The van der Waals surface area contributed by atoms with Crippen LogP contribution in [0.1, 0.15) is 24.8 Å². The summed E-state index contributed by atoms with van der Waals surface area (Å²) in [6.45, 7) is 2.02. The van der Waals surface area contributed by atoms with Crippen LogP contribution in [0.15, 0.2) is 42.5 Å². The Hall–Kier alpha value is -2.77. The summed E-state index contributed by atoms with van der Waals surface area (Å²) in [5, 5.41) is 11.0. The van der Waals surface area contributed by atoms with Crippen LogP contribution in [0.2, 0.25) is 0 Å². The van der Waals surface area contributed by atoms with Crippen molar-refractivity contribution in [3.8, 4) is 11.3 Å². The highest BCUT2D eigenvalue weighted by Gasteiger charge is 2.30. The second kappa shape index (κ2) is 8.50. The molecule has 0 unspecified atom stereocenters. The third-order valence-electron chi connectivity index (χ3n) is 4.99. The van der Waals surface area contributed by atoms with Gasteiger partial charge in [-0.1, -0.05) is 18.2 Å². The fraction of sp³-hybridized carbons (Fsp3) is 0.400. The van der Waals surface area contributed by atoms with Crippen molar-refractivity contribution in [2.24, 2.45) is 5.92 Å². The molecule has 0 bridgehead atoms. The van der Waals surface area contributed by atoms with Crippen molar-refractivity contribution in [1.82, 2.24) is 10.3 Å². The van der Waals surface area contributed by atoms with Crippen molar-refractivity contribution in [2.45, 2.75) is 25.4 Å². The Morgan fingerprint density at radius 1 is 1.18 bits per heavy atom. The summed E-state index contributed by atoms with van der Waals surface area (Å²) in [5.74, 6) is 1.20. The fourth-order valence-corrected chi connectivity index (χ4v) is 3.45. The number of halogens is 3. The van der Waals surface area contributed by atoms with Crippen molar-refractivity contribution in [2.75, 3.05) is 24.5 Å². The van der Waals surface area contributed by atoms with E-state index in [9.17, 15) is 18.0 Å². The number of aromatic nitrogens is 1. The molecular weight excluding hydrogens is 371 g/mol. The number of rotatable bonds is 5. The minimum Gasteiger partial charge on any atom is -0.465 e. The molecule has 1 aliphatic rings. The van der Waals surface area contributed by atoms with Crippen LogP contribution in [0, 0.1) is 5.92 Å². The third-order valence-corrected chi connectivity index (χ3v) is 4.99. The van der Waals surface area contributed by atoms with Gasteiger partial charge in [-0.3, -0.25) is 0 Å². The van der Waals surface area contributed by atoms with Crippen LogP contribution in [-0.4, -0.2) is 35.8 Å². The van der Waals surface area contributed by atoms with Crippen molar-refractivity contribution >= 4 is 11.9 Å². The molecule has 1 aliphatic heterocycles. The maximum absolute atomic E-state index is 13.0. The van der Waals surface area contributed by atoms with E-state index >= 15 is 0 Å². The van der Waals surface area contributed by atoms with Gasteiger partial charge in [-0.05, 0) is 49.4 Å². The summed E-state index contributed by atoms with van der Waals surface area (Å²) < 4.78 is 38.9. The van der Waals surface area contributed by atoms with Gasteiger partial charge in [-0.2, -0.15) is 13.2 Å². The Morgan fingerprint density at radius 3 is 2.57 bits per heavy atom. The Morgan fingerprint density at radius 2 is 1.89 bits per heavy atom. The minimum atomic E-state index is -4.38. The number of nitrogens with one attached hydrogen (secondary N) is 1. The van der Waals surface area contributed by atoms with Crippen LogP contribution in [0.25, 0.3) is 11.3 Å². The van der Waals surface area contributed by atoms with E-state index in [4.69, 9.17) is 5.11 Å². The molecule has 0 spiro atoms. The molecule has 1 aromatic heterocycles. The normalized spacial score (nSPS) is 15.5. The first kappa shape index (κ1) is 20.0. The van der Waals surface area contributed by atoms with Crippen LogP contribution in [0.4, 0.5) is 23.8 Å². The lowest BCUT2D eigenvalue weighted by Gasteiger charge is -2.33. The lowest BCUT2D eigenvalue weighted by molar-refractivity contribution is -0.137. The number of hydrogen-bond donors (Lipinski definition) is 2. The summed E-state index contributed by atoms with van der Waals surface area (Å²) in [5.41, 5.74) is 0.260. The van der Waals surface area contributed by atoms with Gasteiger partial charge in [0.2, 0.25) is 0 Å². The number of pyridine rings is 1. The van der Waals surface area contributed by atoms with Gasteiger partial charge < -0.3 is 15.3 Å². The van der Waals surface area contributed by atoms with E-state index in [1.807, 2.05) is 6.07 Å². The Balaban J connectivity index is 1.66. The molecule has 0 saturated carbocycles. The average Bonchev–Trinajstić information content (AvgIpc) is 2.68. The first-order valence-electron chi connectivity index (χ1n) is 9.19. The zero-order valence-electron chi connectivity index (χ0n) is 15.2. The predicted molar refractivity (Wildman–Crippen MR) is 100 cm³/mol. The predicted octanol–water partition coefficient (Wildman–Crippen LogP) is 4.64. The zero-order chi connectivity index (χ0) is 20.1. The summed E-state index contributed by atoms with van der Waals surface area (Å²) >= 11 is 0. The molecule has 150 valence electrons. The zero-order valence-corrected chi connectivity index (χ0v) is 15.2. The highest BCUT2D eigenvalue weighted by Crippen LogP contribution is 2.32. The Labute approximate surface area is 161 Å². The Bertz CT molecular complexity index is 818. The van der Waals surface area contributed by atoms with Gasteiger partial charge in [-0.25, -0.2) is 9.78 Å².